The third kappa shape index (κ3) is 15.3. The van der Waals surface area contributed by atoms with Crippen LogP contribution in [0, 0.1) is 11.6 Å². The van der Waals surface area contributed by atoms with Gasteiger partial charge in [-0.05, 0) is 286 Å². The van der Waals surface area contributed by atoms with E-state index < -0.39 is 0 Å². The number of hydrogen-bond donors (Lipinski definition) is 0. The number of benzene rings is 14. The molecular formula is C119H99F2N9. The molecule has 2 aliphatic carbocycles. The minimum Gasteiger partial charge on any atom is -0.313 e. The standard InChI is InChI=1S/C48H38F2N2.C36H31N3.C35H30N4/c49-37-20-22-47-44(28-37)42-16-8-10-18-46(42)51(47)39-26-36(27-40(30-39)52-45-17-9-7-15-41(45)43-21-19-38(50)29-48(43)52)35-24-33(31-11-3-1-4-12-31)23-34(25-35)32-13-5-2-6-14-32;1-25-36-32(21-22-38(25)2)31-15-9-10-16-35(31)39(36)30-19-17-26(18-20-30)29-23-33(27-11-5-3-6-12-27)37-34(24-29)28-13-7-4-8-14-28;1-24-34-30(21-22-38(24)2)29-15-9-10-16-33(29)39(34)28-19-17-26(18-20-28)32-23-31(25-11-5-3-6-12-25)36-35(37-32)27-13-7-4-8-14-27/h1-6,11-14,19-30H,7-10,15-18H2;3-20,23-25H,21-22H2,1-2H3;3-20,23-24H,21-22H2,1-2H3. The van der Waals surface area contributed by atoms with Crippen LogP contribution in [0.25, 0.3) is 167 Å². The molecule has 8 heterocycles. The molecule has 2 unspecified atom stereocenters. The fourth-order valence-corrected chi connectivity index (χ4v) is 20.9. The minimum atomic E-state index is -0.226. The van der Waals surface area contributed by atoms with E-state index in [1.165, 1.54) is 89.3 Å². The second-order valence-corrected chi connectivity index (χ2v) is 35.4. The summed E-state index contributed by atoms with van der Waals surface area (Å²) in [4.78, 5) is 19.9. The zero-order valence-corrected chi connectivity index (χ0v) is 73.6. The Morgan fingerprint density at radius 3 is 1.07 bits per heavy atom. The molecule has 9 nitrogen and oxygen atoms in total. The Kier molecular flexibility index (Phi) is 21.7. The third-order valence-corrected chi connectivity index (χ3v) is 27.6. The lowest BCUT2D eigenvalue weighted by molar-refractivity contribution is 0.241. The molecule has 4 aliphatic rings. The van der Waals surface area contributed by atoms with Gasteiger partial charge in [0.1, 0.15) is 11.6 Å². The van der Waals surface area contributed by atoms with E-state index in [-0.39, 0.29) is 11.6 Å². The van der Waals surface area contributed by atoms with E-state index in [2.05, 4.69) is 353 Å². The fourth-order valence-electron chi connectivity index (χ4n) is 20.9. The fraction of sp³-hybridized carbons (Fsp3) is 0.151. The molecule has 0 radical (unpaired) electrons. The lowest BCUT2D eigenvalue weighted by Crippen LogP contribution is -2.31. The first-order valence-corrected chi connectivity index (χ1v) is 46.0. The van der Waals surface area contributed by atoms with Crippen molar-refractivity contribution in [2.24, 2.45) is 0 Å². The predicted molar refractivity (Wildman–Crippen MR) is 532 cm³/mol. The molecule has 2 atom stereocenters. The predicted octanol–water partition coefficient (Wildman–Crippen LogP) is 29.2. The molecule has 0 saturated carbocycles. The lowest BCUT2D eigenvalue weighted by atomic mass is 9.92. The minimum absolute atomic E-state index is 0.203. The van der Waals surface area contributed by atoms with Crippen molar-refractivity contribution in [3.05, 3.63) is 427 Å². The van der Waals surface area contributed by atoms with Crippen molar-refractivity contribution in [1.82, 2.24) is 43.0 Å². The number of fused-ring (bicyclic) bond motifs is 12. The highest BCUT2D eigenvalue weighted by molar-refractivity contribution is 5.94. The number of aryl methyl sites for hydroxylation is 2. The SMILES string of the molecule is CC1c2c(c3ccccc3n2-c2ccc(-c3cc(-c4ccccc4)nc(-c4ccccc4)c3)cc2)CCN1C.CC1c2c(c3ccccc3n2-c2ccc(-c3cc(-c4ccccc4)nc(-c4ccccc4)n3)cc2)CCN1C.Fc1ccc2c(c1)c1c(n2-c2cc(-c3cc(-c4ccccc4)cc(-c4ccccc4)c3)cc(-n3c4c(c5ccc(F)cc53)CCCC4)c2)CCCC1. The Bertz CT molecular complexity index is 7160. The molecule has 0 bridgehead atoms. The van der Waals surface area contributed by atoms with Crippen LogP contribution >= 0.6 is 0 Å². The highest BCUT2D eigenvalue weighted by atomic mass is 19.1. The van der Waals surface area contributed by atoms with Gasteiger partial charge >= 0.3 is 0 Å². The van der Waals surface area contributed by atoms with Gasteiger partial charge in [0.15, 0.2) is 5.82 Å². The lowest BCUT2D eigenvalue weighted by Gasteiger charge is -2.31. The Morgan fingerprint density at radius 1 is 0.238 bits per heavy atom. The zero-order valence-electron chi connectivity index (χ0n) is 73.6. The van der Waals surface area contributed by atoms with Gasteiger partial charge < -0.3 is 18.3 Å². The van der Waals surface area contributed by atoms with Gasteiger partial charge in [-0.1, -0.05) is 243 Å². The van der Waals surface area contributed by atoms with Crippen molar-refractivity contribution in [3.8, 4) is 124 Å². The number of likely N-dealkylation sites (N-methyl/N-ethyl adjacent to an activating group) is 2. The van der Waals surface area contributed by atoms with E-state index in [0.717, 1.165) is 200 Å². The first kappa shape index (κ1) is 81.0. The summed E-state index contributed by atoms with van der Waals surface area (Å²) in [6.45, 7) is 6.83. The van der Waals surface area contributed by atoms with Crippen molar-refractivity contribution >= 4 is 43.6 Å². The van der Waals surface area contributed by atoms with Crippen molar-refractivity contribution in [2.75, 3.05) is 27.2 Å². The molecule has 20 aromatic rings. The first-order chi connectivity index (χ1) is 63.9. The Hall–Kier alpha value is -14.8. The average Bonchev–Trinajstić information content (AvgIpc) is 1.59. The van der Waals surface area contributed by atoms with E-state index in [9.17, 15) is 4.39 Å². The second-order valence-electron chi connectivity index (χ2n) is 35.4. The van der Waals surface area contributed by atoms with Gasteiger partial charge in [-0.15, -0.1) is 0 Å². The molecule has 11 heteroatoms. The number of pyridine rings is 1. The van der Waals surface area contributed by atoms with Crippen LogP contribution < -0.4 is 0 Å². The summed E-state index contributed by atoms with van der Waals surface area (Å²) in [7, 11) is 4.46. The third-order valence-electron chi connectivity index (χ3n) is 27.6. The van der Waals surface area contributed by atoms with Gasteiger partial charge in [0.05, 0.1) is 44.8 Å². The Balaban J connectivity index is 0.000000116. The number of halogens is 2. The van der Waals surface area contributed by atoms with Crippen molar-refractivity contribution < 1.29 is 8.78 Å². The monoisotopic (exact) mass is 1690 g/mol. The maximum Gasteiger partial charge on any atom is 0.160 e. The maximum atomic E-state index is 15.1. The number of hydrogen-bond acceptors (Lipinski definition) is 5. The average molecular weight is 1690 g/mol. The van der Waals surface area contributed by atoms with Gasteiger partial charge in [0.2, 0.25) is 0 Å². The van der Waals surface area contributed by atoms with Crippen molar-refractivity contribution in [3.63, 3.8) is 0 Å². The van der Waals surface area contributed by atoms with Crippen LogP contribution in [-0.4, -0.2) is 70.2 Å². The van der Waals surface area contributed by atoms with Crippen molar-refractivity contribution in [2.45, 2.75) is 90.1 Å². The molecule has 0 amide bonds. The van der Waals surface area contributed by atoms with Crippen LogP contribution in [0.15, 0.2) is 370 Å². The number of nitrogens with zero attached hydrogens (tertiary/aromatic N) is 9. The number of aromatic nitrogens is 7. The van der Waals surface area contributed by atoms with E-state index in [1.54, 1.807) is 24.3 Å². The van der Waals surface area contributed by atoms with Gasteiger partial charge in [-0.25, -0.2) is 23.7 Å². The molecule has 634 valence electrons. The molecule has 130 heavy (non-hydrogen) atoms. The zero-order chi connectivity index (χ0) is 87.5. The topological polar surface area (TPSA) is 64.9 Å². The molecule has 6 aromatic heterocycles. The van der Waals surface area contributed by atoms with E-state index in [1.807, 2.05) is 48.5 Å². The largest absolute Gasteiger partial charge is 0.313 e. The summed E-state index contributed by atoms with van der Waals surface area (Å²) in [5.41, 5.74) is 38.3. The molecule has 0 fully saturated rings. The van der Waals surface area contributed by atoms with Crippen LogP contribution in [-0.2, 0) is 38.5 Å². The Labute approximate surface area is 758 Å². The molecule has 2 aliphatic heterocycles. The van der Waals surface area contributed by atoms with Gasteiger partial charge in [0.25, 0.3) is 0 Å². The molecule has 0 spiro atoms. The van der Waals surface area contributed by atoms with Crippen LogP contribution in [0.2, 0.25) is 0 Å². The molecule has 24 rings (SSSR count). The van der Waals surface area contributed by atoms with Crippen molar-refractivity contribution in [1.29, 1.82) is 0 Å². The van der Waals surface area contributed by atoms with Crippen LogP contribution in [0.4, 0.5) is 8.78 Å². The summed E-state index contributed by atoms with van der Waals surface area (Å²) in [5, 5.41) is 4.89. The summed E-state index contributed by atoms with van der Waals surface area (Å²) < 4.78 is 39.6. The second kappa shape index (κ2) is 34.8. The van der Waals surface area contributed by atoms with Crippen LogP contribution in [0.5, 0.6) is 0 Å². The van der Waals surface area contributed by atoms with E-state index in [4.69, 9.17) is 15.0 Å². The maximum absolute atomic E-state index is 15.1. The smallest absolute Gasteiger partial charge is 0.160 e. The highest BCUT2D eigenvalue weighted by Crippen LogP contribution is 2.46. The Morgan fingerprint density at radius 2 is 0.585 bits per heavy atom. The molecule has 14 aromatic carbocycles. The molecule has 0 N–H and O–H groups in total. The van der Waals surface area contributed by atoms with E-state index >= 15 is 4.39 Å². The summed E-state index contributed by atoms with van der Waals surface area (Å²) in [6.07, 6.45) is 10.5. The highest BCUT2D eigenvalue weighted by Gasteiger charge is 2.32. The molecular weight excluding hydrogens is 1590 g/mol. The number of rotatable bonds is 13. The van der Waals surface area contributed by atoms with E-state index in [0.29, 0.717) is 12.1 Å². The summed E-state index contributed by atoms with van der Waals surface area (Å²) in [6, 6.07) is 130. The van der Waals surface area contributed by atoms with Crippen LogP contribution in [0.3, 0.4) is 0 Å². The van der Waals surface area contributed by atoms with Gasteiger partial charge in [-0.3, -0.25) is 9.80 Å². The summed E-state index contributed by atoms with van der Waals surface area (Å²) in [5.74, 6) is 0.306. The summed E-state index contributed by atoms with van der Waals surface area (Å²) >= 11 is 0. The quantitative estimate of drug-likeness (QED) is 0.115. The normalized spacial score (nSPS) is 14.9. The molecule has 0 saturated heterocycles. The van der Waals surface area contributed by atoms with Gasteiger partial charge in [0, 0.05) is 120 Å². The number of para-hydroxylation sites is 2. The first-order valence-electron chi connectivity index (χ1n) is 46.0. The van der Waals surface area contributed by atoms with Crippen LogP contribution in [0.1, 0.15) is 96.6 Å². The van der Waals surface area contributed by atoms with Gasteiger partial charge in [-0.2, -0.15) is 0 Å².